The van der Waals surface area contributed by atoms with E-state index in [1.807, 2.05) is 25.1 Å². The van der Waals surface area contributed by atoms with Gasteiger partial charge in [-0.25, -0.2) is 4.79 Å². The quantitative estimate of drug-likeness (QED) is 0.670. The summed E-state index contributed by atoms with van der Waals surface area (Å²) in [6, 6.07) is 14.8. The summed E-state index contributed by atoms with van der Waals surface area (Å²) in [5, 5.41) is 2.89. The van der Waals surface area contributed by atoms with E-state index >= 15 is 0 Å². The molecule has 0 spiro atoms. The van der Waals surface area contributed by atoms with Gasteiger partial charge in [0.2, 0.25) is 0 Å². The van der Waals surface area contributed by atoms with Gasteiger partial charge < -0.3 is 19.5 Å². The van der Waals surface area contributed by atoms with E-state index in [1.54, 1.807) is 19.1 Å². The third-order valence-electron chi connectivity index (χ3n) is 4.37. The number of aryl methyl sites for hydroxylation is 1. The lowest BCUT2D eigenvalue weighted by Gasteiger charge is -2.18. The minimum Gasteiger partial charge on any atom is -0.493 e. The van der Waals surface area contributed by atoms with Crippen molar-refractivity contribution in [2.75, 3.05) is 14.2 Å². The number of carbonyl (C=O) groups is 2. The molecule has 0 aliphatic carbocycles. The number of amides is 1. The molecule has 6 heteroatoms. The number of carbonyl (C=O) groups excluding carboxylic acids is 2. The average Bonchev–Trinajstić information content (AvgIpc) is 2.72. The normalized spacial score (nSPS) is 12.6. The van der Waals surface area contributed by atoms with Gasteiger partial charge in [0.1, 0.15) is 0 Å². The van der Waals surface area contributed by atoms with Crippen molar-refractivity contribution in [2.45, 2.75) is 38.8 Å². The molecular weight excluding hydrogens is 358 g/mol. The molecule has 0 aliphatic rings. The van der Waals surface area contributed by atoms with E-state index in [0.29, 0.717) is 11.5 Å². The van der Waals surface area contributed by atoms with Gasteiger partial charge in [0.25, 0.3) is 5.91 Å². The van der Waals surface area contributed by atoms with E-state index in [2.05, 4.69) is 17.4 Å². The van der Waals surface area contributed by atoms with Crippen molar-refractivity contribution in [3.8, 4) is 11.5 Å². The Morgan fingerprint density at radius 2 is 1.64 bits per heavy atom. The summed E-state index contributed by atoms with van der Waals surface area (Å²) < 4.78 is 15.6. The van der Waals surface area contributed by atoms with Gasteiger partial charge in [-0.3, -0.25) is 4.79 Å². The van der Waals surface area contributed by atoms with Crippen LogP contribution in [-0.4, -0.2) is 38.2 Å². The predicted octanol–water partition coefficient (Wildman–Crippen LogP) is 3.39. The zero-order valence-corrected chi connectivity index (χ0v) is 16.7. The molecular formula is C22H27NO5. The molecule has 0 saturated carbocycles. The molecule has 1 amide bonds. The highest BCUT2D eigenvalue weighted by Crippen LogP contribution is 2.27. The summed E-state index contributed by atoms with van der Waals surface area (Å²) in [7, 11) is 3.00. The Balaban J connectivity index is 1.86. The molecule has 0 saturated heterocycles. The van der Waals surface area contributed by atoms with Crippen LogP contribution in [0, 0.1) is 0 Å². The van der Waals surface area contributed by atoms with Crippen molar-refractivity contribution < 1.29 is 23.8 Å². The smallest absolute Gasteiger partial charge is 0.339 e. The molecule has 0 aromatic heterocycles. The Labute approximate surface area is 165 Å². The lowest BCUT2D eigenvalue weighted by molar-refractivity contribution is -0.129. The standard InChI is InChI=1S/C22H27NO5/c1-15(10-11-17-8-6-5-7-9-17)23-21(24)16(2)28-22(25)18-12-13-19(26-3)20(14-18)27-4/h5-9,12-16H,10-11H2,1-4H3,(H,23,24)/t15-,16-/m1/s1. The number of hydrogen-bond acceptors (Lipinski definition) is 5. The van der Waals surface area contributed by atoms with Gasteiger partial charge in [0, 0.05) is 6.04 Å². The van der Waals surface area contributed by atoms with Gasteiger partial charge in [0.05, 0.1) is 19.8 Å². The first-order valence-corrected chi connectivity index (χ1v) is 9.22. The molecule has 1 N–H and O–H groups in total. The van der Waals surface area contributed by atoms with Crippen LogP contribution in [0.2, 0.25) is 0 Å². The molecule has 150 valence electrons. The Hall–Kier alpha value is -3.02. The van der Waals surface area contributed by atoms with Crippen LogP contribution < -0.4 is 14.8 Å². The van der Waals surface area contributed by atoms with Gasteiger partial charge in [-0.15, -0.1) is 0 Å². The molecule has 2 rings (SSSR count). The number of ether oxygens (including phenoxy) is 3. The van der Waals surface area contributed by atoms with Crippen LogP contribution in [0.4, 0.5) is 0 Å². The fourth-order valence-electron chi connectivity index (χ4n) is 2.71. The van der Waals surface area contributed by atoms with Crippen molar-refractivity contribution in [3.63, 3.8) is 0 Å². The number of rotatable bonds is 9. The second kappa shape index (κ2) is 10.3. The number of nitrogens with one attached hydrogen (secondary N) is 1. The van der Waals surface area contributed by atoms with Crippen LogP contribution in [0.25, 0.3) is 0 Å². The third kappa shape index (κ3) is 6.01. The zero-order valence-electron chi connectivity index (χ0n) is 16.7. The Bertz CT molecular complexity index is 791. The highest BCUT2D eigenvalue weighted by Gasteiger charge is 2.21. The van der Waals surface area contributed by atoms with E-state index in [0.717, 1.165) is 12.8 Å². The van der Waals surface area contributed by atoms with Gasteiger partial charge in [0.15, 0.2) is 17.6 Å². The largest absolute Gasteiger partial charge is 0.493 e. The molecule has 6 nitrogen and oxygen atoms in total. The maximum absolute atomic E-state index is 12.3. The van der Waals surface area contributed by atoms with Gasteiger partial charge in [-0.2, -0.15) is 0 Å². The monoisotopic (exact) mass is 385 g/mol. The van der Waals surface area contributed by atoms with Crippen LogP contribution in [0.3, 0.4) is 0 Å². The average molecular weight is 385 g/mol. The first-order valence-electron chi connectivity index (χ1n) is 9.22. The first-order chi connectivity index (χ1) is 13.4. The topological polar surface area (TPSA) is 73.9 Å². The first kappa shape index (κ1) is 21.3. The van der Waals surface area contributed by atoms with E-state index in [9.17, 15) is 9.59 Å². The fourth-order valence-corrected chi connectivity index (χ4v) is 2.71. The van der Waals surface area contributed by atoms with Crippen LogP contribution in [-0.2, 0) is 16.0 Å². The van der Waals surface area contributed by atoms with Crippen molar-refractivity contribution in [2.24, 2.45) is 0 Å². The minimum atomic E-state index is -0.903. The van der Waals surface area contributed by atoms with Gasteiger partial charge in [-0.1, -0.05) is 30.3 Å². The lowest BCUT2D eigenvalue weighted by atomic mass is 10.1. The number of esters is 1. The predicted molar refractivity (Wildman–Crippen MR) is 107 cm³/mol. The lowest BCUT2D eigenvalue weighted by Crippen LogP contribution is -2.41. The van der Waals surface area contributed by atoms with E-state index < -0.39 is 12.1 Å². The van der Waals surface area contributed by atoms with Gasteiger partial charge in [-0.05, 0) is 50.5 Å². The van der Waals surface area contributed by atoms with E-state index in [-0.39, 0.29) is 17.5 Å². The van der Waals surface area contributed by atoms with Crippen LogP contribution >= 0.6 is 0 Å². The van der Waals surface area contributed by atoms with Crippen molar-refractivity contribution in [1.82, 2.24) is 5.32 Å². The molecule has 0 heterocycles. The maximum atomic E-state index is 12.3. The molecule has 0 radical (unpaired) electrons. The van der Waals surface area contributed by atoms with Crippen molar-refractivity contribution >= 4 is 11.9 Å². The van der Waals surface area contributed by atoms with E-state index in [4.69, 9.17) is 14.2 Å². The SMILES string of the molecule is COc1ccc(C(=O)O[C@H](C)C(=O)N[C@H](C)CCc2ccccc2)cc1OC. The molecule has 0 unspecified atom stereocenters. The molecule has 2 aromatic rings. The third-order valence-corrected chi connectivity index (χ3v) is 4.37. The summed E-state index contributed by atoms with van der Waals surface area (Å²) in [6.07, 6.45) is 0.758. The number of hydrogen-bond donors (Lipinski definition) is 1. The van der Waals surface area contributed by atoms with Crippen LogP contribution in [0.5, 0.6) is 11.5 Å². The molecule has 28 heavy (non-hydrogen) atoms. The van der Waals surface area contributed by atoms with Gasteiger partial charge >= 0.3 is 5.97 Å². The Morgan fingerprint density at radius 3 is 2.29 bits per heavy atom. The summed E-state index contributed by atoms with van der Waals surface area (Å²) in [4.78, 5) is 24.6. The molecule has 0 aliphatic heterocycles. The second-order valence-electron chi connectivity index (χ2n) is 6.55. The maximum Gasteiger partial charge on any atom is 0.339 e. The zero-order chi connectivity index (χ0) is 20.5. The number of benzene rings is 2. The second-order valence-corrected chi connectivity index (χ2v) is 6.55. The molecule has 2 atom stereocenters. The summed E-state index contributed by atoms with van der Waals surface area (Å²) in [5.74, 6) is 0.00982. The minimum absolute atomic E-state index is 0.0325. The molecule has 0 bridgehead atoms. The highest BCUT2D eigenvalue weighted by molar-refractivity contribution is 5.92. The van der Waals surface area contributed by atoms with Crippen LogP contribution in [0.15, 0.2) is 48.5 Å². The molecule has 2 aromatic carbocycles. The van der Waals surface area contributed by atoms with Crippen molar-refractivity contribution in [3.05, 3.63) is 59.7 Å². The van der Waals surface area contributed by atoms with Crippen LogP contribution in [0.1, 0.15) is 36.2 Å². The molecule has 0 fully saturated rings. The highest BCUT2D eigenvalue weighted by atomic mass is 16.5. The van der Waals surface area contributed by atoms with E-state index in [1.165, 1.54) is 25.8 Å². The fraction of sp³-hybridized carbons (Fsp3) is 0.364. The summed E-state index contributed by atoms with van der Waals surface area (Å²) in [6.45, 7) is 3.49. The van der Waals surface area contributed by atoms with Crippen molar-refractivity contribution in [1.29, 1.82) is 0 Å². The summed E-state index contributed by atoms with van der Waals surface area (Å²) >= 11 is 0. The Morgan fingerprint density at radius 1 is 0.964 bits per heavy atom. The Kier molecular flexibility index (Phi) is 7.87. The summed E-state index contributed by atoms with van der Waals surface area (Å²) in [5.41, 5.74) is 1.51. The number of methoxy groups -OCH3 is 2.